The minimum absolute atomic E-state index is 0.0843. The molecule has 8 N–H and O–H groups in total. The molecule has 0 bridgehead atoms. The predicted molar refractivity (Wildman–Crippen MR) is 122 cm³/mol. The van der Waals surface area contributed by atoms with Gasteiger partial charge in [-0.25, -0.2) is 14.5 Å². The SMILES string of the molecule is C[C@@H](C(=O)N[C@@H](CC(N)=O)C(=O)N1CCC[C@H]1C(=O)O)N(C(=O)OC(C)(C)C)C(=O)[C@@H](N)CC(N)=O. The van der Waals surface area contributed by atoms with E-state index in [1.165, 1.54) is 20.8 Å². The number of carbonyl (C=O) groups is 7. The lowest BCUT2D eigenvalue weighted by atomic mass is 10.1. The molecule has 1 saturated heterocycles. The number of likely N-dealkylation sites (tertiary alicyclic amines) is 1. The zero-order valence-corrected chi connectivity index (χ0v) is 20.7. The van der Waals surface area contributed by atoms with Gasteiger partial charge in [-0.05, 0) is 40.5 Å². The van der Waals surface area contributed by atoms with Gasteiger partial charge in [0.05, 0.1) is 18.9 Å². The molecule has 1 aliphatic heterocycles. The Balaban J connectivity index is 3.23. The van der Waals surface area contributed by atoms with Gasteiger partial charge in [-0.3, -0.25) is 24.0 Å². The second-order valence-electron chi connectivity index (χ2n) is 9.40. The number of carboxylic acid groups (broad SMARTS) is 1. The number of nitrogens with zero attached hydrogens (tertiary/aromatic N) is 2. The fraction of sp³-hybridized carbons (Fsp3) is 0.667. The van der Waals surface area contributed by atoms with Crippen molar-refractivity contribution in [1.29, 1.82) is 0 Å². The number of carboxylic acids is 1. The Labute approximate surface area is 207 Å². The van der Waals surface area contributed by atoms with Crippen LogP contribution in [0.2, 0.25) is 0 Å². The van der Waals surface area contributed by atoms with Gasteiger partial charge in [0.1, 0.15) is 23.7 Å². The largest absolute Gasteiger partial charge is 0.480 e. The van der Waals surface area contributed by atoms with E-state index in [4.69, 9.17) is 21.9 Å². The smallest absolute Gasteiger partial charge is 0.417 e. The highest BCUT2D eigenvalue weighted by molar-refractivity contribution is 6.02. The van der Waals surface area contributed by atoms with Crippen molar-refractivity contribution in [3.8, 4) is 0 Å². The molecule has 1 heterocycles. The van der Waals surface area contributed by atoms with Crippen LogP contribution in [0.15, 0.2) is 0 Å². The average molecular weight is 515 g/mol. The molecule has 0 aromatic carbocycles. The second kappa shape index (κ2) is 12.3. The van der Waals surface area contributed by atoms with Crippen molar-refractivity contribution >= 4 is 41.6 Å². The van der Waals surface area contributed by atoms with E-state index < -0.39 is 84.2 Å². The summed E-state index contributed by atoms with van der Waals surface area (Å²) < 4.78 is 5.19. The third-order valence-electron chi connectivity index (χ3n) is 5.17. The van der Waals surface area contributed by atoms with Crippen LogP contribution < -0.4 is 22.5 Å². The second-order valence-corrected chi connectivity index (χ2v) is 9.40. The van der Waals surface area contributed by atoms with Gasteiger partial charge < -0.3 is 37.3 Å². The maximum absolute atomic E-state index is 13.0. The van der Waals surface area contributed by atoms with E-state index in [-0.39, 0.29) is 13.0 Å². The van der Waals surface area contributed by atoms with Crippen LogP contribution in [0.25, 0.3) is 0 Å². The maximum Gasteiger partial charge on any atom is 0.417 e. The number of aliphatic carboxylic acids is 1. The topological polar surface area (TPSA) is 246 Å². The van der Waals surface area contributed by atoms with Crippen LogP contribution >= 0.6 is 0 Å². The molecule has 0 unspecified atom stereocenters. The molecular formula is C21H34N6O9. The number of amides is 6. The predicted octanol–water partition coefficient (Wildman–Crippen LogP) is -2.22. The van der Waals surface area contributed by atoms with Crippen LogP contribution in [0.1, 0.15) is 53.4 Å². The van der Waals surface area contributed by atoms with E-state index in [0.717, 1.165) is 11.8 Å². The quantitative estimate of drug-likeness (QED) is 0.210. The van der Waals surface area contributed by atoms with Crippen molar-refractivity contribution in [2.75, 3.05) is 6.54 Å². The fourth-order valence-corrected chi connectivity index (χ4v) is 3.53. The fourth-order valence-electron chi connectivity index (χ4n) is 3.53. The van der Waals surface area contributed by atoms with Gasteiger partial charge in [-0.15, -0.1) is 0 Å². The number of primary amides is 2. The van der Waals surface area contributed by atoms with Crippen LogP contribution in [0.4, 0.5) is 4.79 Å². The van der Waals surface area contributed by atoms with E-state index in [0.29, 0.717) is 11.3 Å². The molecule has 36 heavy (non-hydrogen) atoms. The zero-order chi connectivity index (χ0) is 28.0. The van der Waals surface area contributed by atoms with Crippen LogP contribution in [0, 0.1) is 0 Å². The molecule has 6 amide bonds. The highest BCUT2D eigenvalue weighted by Gasteiger charge is 2.41. The summed E-state index contributed by atoms with van der Waals surface area (Å²) in [6.07, 6.45) is -1.96. The Kier molecular flexibility index (Phi) is 10.3. The number of imide groups is 1. The molecule has 15 nitrogen and oxygen atoms in total. The van der Waals surface area contributed by atoms with Gasteiger partial charge in [-0.2, -0.15) is 0 Å². The molecule has 1 aliphatic rings. The van der Waals surface area contributed by atoms with Crippen molar-refractivity contribution in [3.63, 3.8) is 0 Å². The van der Waals surface area contributed by atoms with E-state index in [9.17, 15) is 38.7 Å². The number of nitrogens with one attached hydrogen (secondary N) is 1. The van der Waals surface area contributed by atoms with E-state index >= 15 is 0 Å². The van der Waals surface area contributed by atoms with Crippen molar-refractivity contribution in [2.24, 2.45) is 17.2 Å². The number of hydrogen-bond donors (Lipinski definition) is 5. The Hall–Kier alpha value is -3.75. The third-order valence-corrected chi connectivity index (χ3v) is 5.17. The van der Waals surface area contributed by atoms with Crippen LogP contribution in [0.3, 0.4) is 0 Å². The first-order valence-electron chi connectivity index (χ1n) is 11.2. The molecule has 1 rings (SSSR count). The lowest BCUT2D eigenvalue weighted by molar-refractivity contribution is -0.150. The van der Waals surface area contributed by atoms with Gasteiger partial charge in [0, 0.05) is 6.54 Å². The third kappa shape index (κ3) is 8.48. The van der Waals surface area contributed by atoms with Crippen molar-refractivity contribution in [2.45, 2.75) is 83.1 Å². The molecule has 0 saturated carbocycles. The van der Waals surface area contributed by atoms with Crippen molar-refractivity contribution in [1.82, 2.24) is 15.1 Å². The van der Waals surface area contributed by atoms with Gasteiger partial charge in [-0.1, -0.05) is 0 Å². The van der Waals surface area contributed by atoms with Crippen LogP contribution in [-0.4, -0.2) is 92.8 Å². The summed E-state index contributed by atoms with van der Waals surface area (Å²) in [6.45, 7) is 5.76. The van der Waals surface area contributed by atoms with Gasteiger partial charge >= 0.3 is 12.1 Å². The number of rotatable bonds is 10. The molecule has 0 aromatic rings. The summed E-state index contributed by atoms with van der Waals surface area (Å²) in [5.74, 6) is -6.21. The summed E-state index contributed by atoms with van der Waals surface area (Å²) in [6, 6.07) is -5.90. The lowest BCUT2D eigenvalue weighted by Crippen LogP contribution is -2.60. The molecular weight excluding hydrogens is 480 g/mol. The minimum Gasteiger partial charge on any atom is -0.480 e. The monoisotopic (exact) mass is 514 g/mol. The van der Waals surface area contributed by atoms with Crippen molar-refractivity contribution < 1.29 is 43.4 Å². The Morgan fingerprint density at radius 3 is 2.11 bits per heavy atom. The molecule has 15 heteroatoms. The molecule has 0 aromatic heterocycles. The molecule has 0 radical (unpaired) electrons. The first kappa shape index (κ1) is 30.3. The number of carbonyl (C=O) groups excluding carboxylic acids is 6. The van der Waals surface area contributed by atoms with Gasteiger partial charge in [0.15, 0.2) is 0 Å². The highest BCUT2D eigenvalue weighted by Crippen LogP contribution is 2.20. The summed E-state index contributed by atoms with van der Waals surface area (Å²) >= 11 is 0. The summed E-state index contributed by atoms with van der Waals surface area (Å²) in [5, 5.41) is 11.6. The minimum atomic E-state index is -1.62. The van der Waals surface area contributed by atoms with Gasteiger partial charge in [0.25, 0.3) is 0 Å². The molecule has 1 fully saturated rings. The van der Waals surface area contributed by atoms with E-state index in [1.54, 1.807) is 0 Å². The molecule has 4 atom stereocenters. The lowest BCUT2D eigenvalue weighted by Gasteiger charge is -2.32. The molecule has 0 aliphatic carbocycles. The average Bonchev–Trinajstić information content (AvgIpc) is 3.20. The molecule has 202 valence electrons. The molecule has 0 spiro atoms. The number of hydrogen-bond acceptors (Lipinski definition) is 9. The zero-order valence-electron chi connectivity index (χ0n) is 20.7. The Morgan fingerprint density at radius 2 is 1.64 bits per heavy atom. The summed E-state index contributed by atoms with van der Waals surface area (Å²) in [4.78, 5) is 87.4. The van der Waals surface area contributed by atoms with Crippen LogP contribution in [0.5, 0.6) is 0 Å². The highest BCUT2D eigenvalue weighted by atomic mass is 16.6. The Morgan fingerprint density at radius 1 is 1.08 bits per heavy atom. The first-order chi connectivity index (χ1) is 16.5. The number of nitrogens with two attached hydrogens (primary N) is 3. The maximum atomic E-state index is 13.0. The number of ether oxygens (including phenoxy) is 1. The standard InChI is InChI=1S/C21H34N6O9/c1-10(27(20(35)36-21(2,3)4)17(31)11(22)8-14(23)28)16(30)25-12(9-15(24)29)18(32)26-7-5-6-13(26)19(33)34/h10-13H,5-9,22H2,1-4H3,(H2,23,28)(H2,24,29)(H,25,30)(H,33,34)/t10-,11-,12-,13-/m0/s1. The van der Waals surface area contributed by atoms with Gasteiger partial charge in [0.2, 0.25) is 29.5 Å². The first-order valence-corrected chi connectivity index (χ1v) is 11.2. The van der Waals surface area contributed by atoms with Crippen LogP contribution in [-0.2, 0) is 33.5 Å². The normalized spacial score (nSPS) is 17.9. The summed E-state index contributed by atoms with van der Waals surface area (Å²) in [7, 11) is 0. The van der Waals surface area contributed by atoms with E-state index in [2.05, 4.69) is 5.32 Å². The summed E-state index contributed by atoms with van der Waals surface area (Å²) in [5.41, 5.74) is 14.9. The Bertz CT molecular complexity index is 916. The van der Waals surface area contributed by atoms with Crippen molar-refractivity contribution in [3.05, 3.63) is 0 Å². The van der Waals surface area contributed by atoms with E-state index in [1.807, 2.05) is 0 Å².